The lowest BCUT2D eigenvalue weighted by Gasteiger charge is -2.18. The summed E-state index contributed by atoms with van der Waals surface area (Å²) < 4.78 is 7.19. The van der Waals surface area contributed by atoms with E-state index in [1.165, 1.54) is 6.07 Å². The van der Waals surface area contributed by atoms with Crippen LogP contribution >= 0.6 is 23.2 Å². The molecule has 0 unspecified atom stereocenters. The molecule has 0 aliphatic rings. The zero-order chi connectivity index (χ0) is 18.4. The Bertz CT molecular complexity index is 773. The monoisotopic (exact) mass is 382 g/mol. The number of nitrogens with zero attached hydrogens (tertiary/aromatic N) is 2. The summed E-state index contributed by atoms with van der Waals surface area (Å²) in [5, 5.41) is 1.10. The highest BCUT2D eigenvalue weighted by atomic mass is 35.5. The number of unbranched alkanes of at least 4 members (excludes halogenated alkanes) is 2. The average molecular weight is 383 g/mol. The standard InChI is InChI=1S/C19H24Cl2N2O2/c1-4-5-6-11-25-14-9-10-23(18(24)12-14)13-15-16(20)7-8-17(19(15)21)22(2)3/h7-10,12H,4-6,11,13H2,1-3H3. The van der Waals surface area contributed by atoms with E-state index in [9.17, 15) is 4.79 Å². The minimum absolute atomic E-state index is 0.143. The summed E-state index contributed by atoms with van der Waals surface area (Å²) in [5.74, 6) is 0.594. The van der Waals surface area contributed by atoms with E-state index in [0.717, 1.165) is 30.5 Å². The van der Waals surface area contributed by atoms with Crippen LogP contribution in [0.5, 0.6) is 5.75 Å². The fourth-order valence-corrected chi connectivity index (χ4v) is 3.16. The zero-order valence-electron chi connectivity index (χ0n) is 14.9. The Kier molecular flexibility index (Phi) is 7.21. The predicted octanol–water partition coefficient (Wildman–Crippen LogP) is 4.84. The van der Waals surface area contributed by atoms with Gasteiger partial charge in [-0.2, -0.15) is 0 Å². The lowest BCUT2D eigenvalue weighted by Crippen LogP contribution is -2.20. The van der Waals surface area contributed by atoms with Gasteiger partial charge in [-0.15, -0.1) is 0 Å². The summed E-state index contributed by atoms with van der Waals surface area (Å²) in [5.41, 5.74) is 1.45. The molecule has 0 bridgehead atoms. The largest absolute Gasteiger partial charge is 0.493 e. The van der Waals surface area contributed by atoms with Crippen LogP contribution in [0.2, 0.25) is 10.0 Å². The molecule has 2 aromatic rings. The van der Waals surface area contributed by atoms with E-state index in [1.807, 2.05) is 25.1 Å². The van der Waals surface area contributed by atoms with E-state index in [1.54, 1.807) is 22.9 Å². The first-order chi connectivity index (χ1) is 11.9. The van der Waals surface area contributed by atoms with Crippen LogP contribution in [0.4, 0.5) is 5.69 Å². The molecule has 0 atom stereocenters. The minimum Gasteiger partial charge on any atom is -0.493 e. The molecule has 1 aromatic heterocycles. The molecule has 2 rings (SSSR count). The van der Waals surface area contributed by atoms with Crippen LogP contribution in [0.1, 0.15) is 31.7 Å². The van der Waals surface area contributed by atoms with Gasteiger partial charge >= 0.3 is 0 Å². The van der Waals surface area contributed by atoms with Gasteiger partial charge in [0.05, 0.1) is 23.9 Å². The summed E-state index contributed by atoms with van der Waals surface area (Å²) in [4.78, 5) is 14.3. The third-order valence-corrected chi connectivity index (χ3v) is 4.74. The summed E-state index contributed by atoms with van der Waals surface area (Å²) in [6.45, 7) is 3.08. The van der Waals surface area contributed by atoms with Crippen LogP contribution in [0, 0.1) is 0 Å². The molecule has 0 fully saturated rings. The minimum atomic E-state index is -0.143. The molecule has 25 heavy (non-hydrogen) atoms. The zero-order valence-corrected chi connectivity index (χ0v) is 16.4. The fraction of sp³-hybridized carbons (Fsp3) is 0.421. The summed E-state index contributed by atoms with van der Waals surface area (Å²) >= 11 is 12.8. The summed E-state index contributed by atoms with van der Waals surface area (Å²) in [6, 6.07) is 6.97. The number of halogens is 2. The second-order valence-electron chi connectivity index (χ2n) is 6.14. The van der Waals surface area contributed by atoms with Crippen molar-refractivity contribution < 1.29 is 4.74 Å². The molecular weight excluding hydrogens is 359 g/mol. The number of aromatic nitrogens is 1. The maximum absolute atomic E-state index is 12.4. The first-order valence-electron chi connectivity index (χ1n) is 8.41. The smallest absolute Gasteiger partial charge is 0.254 e. The first-order valence-corrected chi connectivity index (χ1v) is 9.17. The van der Waals surface area contributed by atoms with Crippen LogP contribution < -0.4 is 15.2 Å². The molecule has 1 aromatic carbocycles. The van der Waals surface area contributed by atoms with E-state index in [2.05, 4.69) is 6.92 Å². The molecule has 0 saturated heterocycles. The molecule has 0 aliphatic carbocycles. The van der Waals surface area contributed by atoms with Gasteiger partial charge in [-0.25, -0.2) is 0 Å². The van der Waals surface area contributed by atoms with E-state index in [-0.39, 0.29) is 5.56 Å². The van der Waals surface area contributed by atoms with Crippen molar-refractivity contribution in [3.8, 4) is 5.75 Å². The highest BCUT2D eigenvalue weighted by Gasteiger charge is 2.13. The quantitative estimate of drug-likeness (QED) is 0.612. The predicted molar refractivity (Wildman–Crippen MR) is 106 cm³/mol. The Morgan fingerprint density at radius 2 is 1.92 bits per heavy atom. The second kappa shape index (κ2) is 9.16. The van der Waals surface area contributed by atoms with Crippen molar-refractivity contribution in [3.05, 3.63) is 56.4 Å². The van der Waals surface area contributed by atoms with Crippen molar-refractivity contribution in [2.75, 3.05) is 25.6 Å². The Labute approximate surface area is 158 Å². The summed E-state index contributed by atoms with van der Waals surface area (Å²) in [6.07, 6.45) is 4.96. The van der Waals surface area contributed by atoms with Crippen molar-refractivity contribution >= 4 is 28.9 Å². The number of pyridine rings is 1. The van der Waals surface area contributed by atoms with Crippen LogP contribution in [-0.2, 0) is 6.54 Å². The number of rotatable bonds is 8. The topological polar surface area (TPSA) is 34.5 Å². The van der Waals surface area contributed by atoms with Crippen LogP contribution in [0.25, 0.3) is 0 Å². The van der Waals surface area contributed by atoms with Gasteiger partial charge in [0, 0.05) is 36.9 Å². The fourth-order valence-electron chi connectivity index (χ4n) is 2.50. The van der Waals surface area contributed by atoms with Gasteiger partial charge in [-0.1, -0.05) is 43.0 Å². The number of ether oxygens (including phenoxy) is 1. The van der Waals surface area contributed by atoms with Crippen molar-refractivity contribution in [2.24, 2.45) is 0 Å². The van der Waals surface area contributed by atoms with Gasteiger partial charge in [-0.05, 0) is 24.6 Å². The molecule has 0 N–H and O–H groups in total. The van der Waals surface area contributed by atoms with E-state index in [4.69, 9.17) is 27.9 Å². The molecule has 136 valence electrons. The molecule has 0 spiro atoms. The SMILES string of the molecule is CCCCCOc1ccn(Cc2c(Cl)ccc(N(C)C)c2Cl)c(=O)c1. The molecule has 4 nitrogen and oxygen atoms in total. The molecule has 6 heteroatoms. The normalized spacial score (nSPS) is 10.8. The Hall–Kier alpha value is -1.65. The van der Waals surface area contributed by atoms with Gasteiger partial charge in [-0.3, -0.25) is 4.79 Å². The third kappa shape index (κ3) is 5.16. The van der Waals surface area contributed by atoms with Gasteiger partial charge < -0.3 is 14.2 Å². The molecule has 0 saturated carbocycles. The number of hydrogen-bond donors (Lipinski definition) is 0. The van der Waals surface area contributed by atoms with Gasteiger partial charge in [0.25, 0.3) is 5.56 Å². The third-order valence-electron chi connectivity index (χ3n) is 3.96. The van der Waals surface area contributed by atoms with Gasteiger partial charge in [0.2, 0.25) is 0 Å². The second-order valence-corrected chi connectivity index (χ2v) is 6.92. The number of benzene rings is 1. The molecular formula is C19H24Cl2N2O2. The molecule has 1 heterocycles. The lowest BCUT2D eigenvalue weighted by atomic mass is 10.1. The van der Waals surface area contributed by atoms with Crippen molar-refractivity contribution in [1.29, 1.82) is 0 Å². The number of hydrogen-bond acceptors (Lipinski definition) is 3. The van der Waals surface area contributed by atoms with Crippen LogP contribution in [0.15, 0.2) is 35.3 Å². The lowest BCUT2D eigenvalue weighted by molar-refractivity contribution is 0.305. The molecule has 0 amide bonds. The highest BCUT2D eigenvalue weighted by molar-refractivity contribution is 6.37. The van der Waals surface area contributed by atoms with Gasteiger partial charge in [0.15, 0.2) is 0 Å². The Morgan fingerprint density at radius 1 is 1.16 bits per heavy atom. The molecule has 0 aliphatic heterocycles. The van der Waals surface area contributed by atoms with Crippen LogP contribution in [0.3, 0.4) is 0 Å². The van der Waals surface area contributed by atoms with Crippen molar-refractivity contribution in [2.45, 2.75) is 32.7 Å². The van der Waals surface area contributed by atoms with E-state index >= 15 is 0 Å². The van der Waals surface area contributed by atoms with Crippen molar-refractivity contribution in [3.63, 3.8) is 0 Å². The van der Waals surface area contributed by atoms with Crippen molar-refractivity contribution in [1.82, 2.24) is 4.57 Å². The summed E-state index contributed by atoms with van der Waals surface area (Å²) in [7, 11) is 3.82. The van der Waals surface area contributed by atoms with E-state index in [0.29, 0.717) is 28.9 Å². The maximum atomic E-state index is 12.4. The number of anilines is 1. The highest BCUT2D eigenvalue weighted by Crippen LogP contribution is 2.33. The Balaban J connectivity index is 2.18. The Morgan fingerprint density at radius 3 is 2.56 bits per heavy atom. The van der Waals surface area contributed by atoms with Gasteiger partial charge in [0.1, 0.15) is 5.75 Å². The average Bonchev–Trinajstić information content (AvgIpc) is 2.56. The maximum Gasteiger partial charge on any atom is 0.254 e. The van der Waals surface area contributed by atoms with Crippen LogP contribution in [-0.4, -0.2) is 25.3 Å². The first kappa shape index (κ1) is 19.7. The molecule has 0 radical (unpaired) electrons. The van der Waals surface area contributed by atoms with E-state index < -0.39 is 0 Å².